The molecule has 0 heterocycles. The number of hydrogen-bond donors (Lipinski definition) is 1. The van der Waals surface area contributed by atoms with Crippen molar-refractivity contribution in [2.24, 2.45) is 0 Å². The maximum Gasteiger partial charge on any atom is 0.142 e. The molecule has 0 radical (unpaired) electrons. The Bertz CT molecular complexity index is 1440. The van der Waals surface area contributed by atoms with Gasteiger partial charge in [-0.15, -0.1) is 0 Å². The summed E-state index contributed by atoms with van der Waals surface area (Å²) in [4.78, 5) is 2.23. The average molecular weight is 504 g/mol. The molecular formula is C31H22BrNO. The summed E-state index contributed by atoms with van der Waals surface area (Å²) < 4.78 is 0.883. The lowest BCUT2D eigenvalue weighted by molar-refractivity contribution is 0.130. The van der Waals surface area contributed by atoms with Gasteiger partial charge in [0.25, 0.3) is 0 Å². The van der Waals surface area contributed by atoms with Crippen molar-refractivity contribution in [3.8, 4) is 11.1 Å². The van der Waals surface area contributed by atoms with Crippen LogP contribution in [0.15, 0.2) is 132 Å². The fraction of sp³-hybridized carbons (Fsp3) is 0.0323. The van der Waals surface area contributed by atoms with Crippen LogP contribution in [0.2, 0.25) is 0 Å². The molecule has 0 aliphatic heterocycles. The summed E-state index contributed by atoms with van der Waals surface area (Å²) in [5.41, 5.74) is 6.60. The molecule has 1 unspecified atom stereocenters. The summed E-state index contributed by atoms with van der Waals surface area (Å²) in [5, 5.41) is 12.4. The Morgan fingerprint density at radius 1 is 0.500 bits per heavy atom. The minimum absolute atomic E-state index is 0.837. The first kappa shape index (κ1) is 20.9. The summed E-state index contributed by atoms with van der Waals surface area (Å²) in [6, 6.07) is 43.1. The van der Waals surface area contributed by atoms with Gasteiger partial charge in [0.05, 0.1) is 0 Å². The van der Waals surface area contributed by atoms with Gasteiger partial charge in [-0.1, -0.05) is 101 Å². The quantitative estimate of drug-likeness (QED) is 0.267. The number of halogens is 1. The van der Waals surface area contributed by atoms with Crippen molar-refractivity contribution in [2.45, 2.75) is 5.60 Å². The molecule has 164 valence electrons. The van der Waals surface area contributed by atoms with Gasteiger partial charge >= 0.3 is 0 Å². The Hall–Kier alpha value is -3.66. The van der Waals surface area contributed by atoms with Crippen LogP contribution in [0.3, 0.4) is 0 Å². The molecule has 1 N–H and O–H groups in total. The Balaban J connectivity index is 1.61. The van der Waals surface area contributed by atoms with E-state index in [1.54, 1.807) is 0 Å². The van der Waals surface area contributed by atoms with Crippen molar-refractivity contribution in [1.29, 1.82) is 0 Å². The zero-order chi connectivity index (χ0) is 23.1. The maximum atomic E-state index is 12.4. The fourth-order valence-electron chi connectivity index (χ4n) is 5.03. The Morgan fingerprint density at radius 3 is 1.68 bits per heavy atom. The molecular weight excluding hydrogens is 482 g/mol. The van der Waals surface area contributed by atoms with E-state index in [-0.39, 0.29) is 0 Å². The number of para-hydroxylation sites is 2. The number of aliphatic hydroxyl groups is 1. The molecule has 1 aliphatic carbocycles. The molecule has 1 atom stereocenters. The molecule has 0 saturated carbocycles. The first-order chi connectivity index (χ1) is 16.7. The highest BCUT2D eigenvalue weighted by atomic mass is 79.9. The van der Waals surface area contributed by atoms with E-state index in [0.717, 1.165) is 49.4 Å². The van der Waals surface area contributed by atoms with Crippen LogP contribution in [-0.2, 0) is 5.60 Å². The van der Waals surface area contributed by atoms with Crippen LogP contribution in [0.1, 0.15) is 16.7 Å². The molecule has 5 aromatic carbocycles. The van der Waals surface area contributed by atoms with Gasteiger partial charge in [-0.05, 0) is 53.6 Å². The highest BCUT2D eigenvalue weighted by Crippen LogP contribution is 2.53. The summed E-state index contributed by atoms with van der Waals surface area (Å²) in [6.07, 6.45) is 0. The van der Waals surface area contributed by atoms with Crippen molar-refractivity contribution < 1.29 is 5.11 Å². The van der Waals surface area contributed by atoms with E-state index < -0.39 is 5.60 Å². The van der Waals surface area contributed by atoms with Gasteiger partial charge in [-0.25, -0.2) is 0 Å². The van der Waals surface area contributed by atoms with E-state index in [9.17, 15) is 5.11 Å². The molecule has 6 rings (SSSR count). The minimum Gasteiger partial charge on any atom is -0.376 e. The highest BCUT2D eigenvalue weighted by Gasteiger charge is 2.44. The molecule has 0 saturated heterocycles. The summed E-state index contributed by atoms with van der Waals surface area (Å²) in [5.74, 6) is 0. The largest absolute Gasteiger partial charge is 0.376 e. The second-order valence-electron chi connectivity index (χ2n) is 8.47. The Labute approximate surface area is 207 Å². The second-order valence-corrected chi connectivity index (χ2v) is 9.33. The number of rotatable bonds is 4. The van der Waals surface area contributed by atoms with Crippen LogP contribution in [-0.4, -0.2) is 5.11 Å². The number of benzene rings is 5. The number of anilines is 3. The molecule has 2 nitrogen and oxygen atoms in total. The molecule has 5 aromatic rings. The highest BCUT2D eigenvalue weighted by molar-refractivity contribution is 9.10. The van der Waals surface area contributed by atoms with E-state index in [1.165, 1.54) is 0 Å². The molecule has 0 aromatic heterocycles. The van der Waals surface area contributed by atoms with Crippen LogP contribution in [0.25, 0.3) is 11.1 Å². The monoisotopic (exact) mass is 503 g/mol. The van der Waals surface area contributed by atoms with Gasteiger partial charge in [0.1, 0.15) is 5.60 Å². The molecule has 34 heavy (non-hydrogen) atoms. The number of hydrogen-bond acceptors (Lipinski definition) is 2. The van der Waals surface area contributed by atoms with E-state index >= 15 is 0 Å². The number of fused-ring (bicyclic) bond motifs is 3. The lowest BCUT2D eigenvalue weighted by Gasteiger charge is -2.30. The maximum absolute atomic E-state index is 12.4. The Kier molecular flexibility index (Phi) is 5.09. The molecule has 1 aliphatic rings. The van der Waals surface area contributed by atoms with Gasteiger partial charge < -0.3 is 10.0 Å². The van der Waals surface area contributed by atoms with Crippen LogP contribution >= 0.6 is 15.9 Å². The van der Waals surface area contributed by atoms with Gasteiger partial charge in [0.2, 0.25) is 0 Å². The third-order valence-electron chi connectivity index (χ3n) is 6.55. The van der Waals surface area contributed by atoms with Crippen molar-refractivity contribution in [1.82, 2.24) is 0 Å². The van der Waals surface area contributed by atoms with Crippen LogP contribution in [0.4, 0.5) is 17.1 Å². The Morgan fingerprint density at radius 2 is 1.03 bits per heavy atom. The van der Waals surface area contributed by atoms with Gasteiger partial charge in [0, 0.05) is 38.2 Å². The predicted octanol–water partition coefficient (Wildman–Crippen LogP) is 8.18. The second kappa shape index (κ2) is 8.28. The minimum atomic E-state index is -1.26. The van der Waals surface area contributed by atoms with E-state index in [4.69, 9.17) is 0 Å². The van der Waals surface area contributed by atoms with Crippen molar-refractivity contribution in [3.63, 3.8) is 0 Å². The third-order valence-corrected chi connectivity index (χ3v) is 7.24. The molecule has 0 bridgehead atoms. The first-order valence-electron chi connectivity index (χ1n) is 11.3. The molecule has 0 amide bonds. The lowest BCUT2D eigenvalue weighted by Crippen LogP contribution is -2.27. The van der Waals surface area contributed by atoms with Gasteiger partial charge in [-0.2, -0.15) is 0 Å². The lowest BCUT2D eigenvalue weighted by atomic mass is 9.84. The molecule has 0 spiro atoms. The molecule has 0 fully saturated rings. The first-order valence-corrected chi connectivity index (χ1v) is 12.1. The normalized spacial score (nSPS) is 16.1. The van der Waals surface area contributed by atoms with Crippen LogP contribution < -0.4 is 4.90 Å². The van der Waals surface area contributed by atoms with Gasteiger partial charge in [-0.3, -0.25) is 0 Å². The zero-order valence-electron chi connectivity index (χ0n) is 18.4. The van der Waals surface area contributed by atoms with Crippen molar-refractivity contribution in [2.75, 3.05) is 4.90 Å². The molecule has 3 heteroatoms. The summed E-state index contributed by atoms with van der Waals surface area (Å²) in [6.45, 7) is 0. The van der Waals surface area contributed by atoms with Crippen molar-refractivity contribution in [3.05, 3.63) is 149 Å². The van der Waals surface area contributed by atoms with E-state index in [1.807, 2.05) is 78.9 Å². The van der Waals surface area contributed by atoms with Crippen LogP contribution in [0.5, 0.6) is 0 Å². The fourth-order valence-corrected chi connectivity index (χ4v) is 5.60. The predicted molar refractivity (Wildman–Crippen MR) is 143 cm³/mol. The zero-order valence-corrected chi connectivity index (χ0v) is 20.0. The smallest absolute Gasteiger partial charge is 0.142 e. The average Bonchev–Trinajstić information content (AvgIpc) is 3.15. The summed E-state index contributed by atoms with van der Waals surface area (Å²) >= 11 is 3.70. The third kappa shape index (κ3) is 3.20. The van der Waals surface area contributed by atoms with Crippen LogP contribution in [0, 0.1) is 0 Å². The standard InChI is InChI=1S/C31H22BrNO/c32-30-18-10-9-17-28(30)31(34)27-16-8-7-15-25(27)26-20-19-24(21-29(26)31)33(22-11-3-1-4-12-22)23-13-5-2-6-14-23/h1-21,34H. The number of nitrogens with zero attached hydrogens (tertiary/aromatic N) is 1. The van der Waals surface area contributed by atoms with E-state index in [0.29, 0.717) is 0 Å². The topological polar surface area (TPSA) is 23.5 Å². The van der Waals surface area contributed by atoms with E-state index in [2.05, 4.69) is 69.4 Å². The summed E-state index contributed by atoms with van der Waals surface area (Å²) in [7, 11) is 0. The van der Waals surface area contributed by atoms with Crippen molar-refractivity contribution >= 4 is 33.0 Å². The SMILES string of the molecule is OC1(c2ccccc2Br)c2ccccc2-c2ccc(N(c3ccccc3)c3ccccc3)cc21. The van der Waals surface area contributed by atoms with Gasteiger partial charge in [0.15, 0.2) is 0 Å².